The average molecular weight is 546 g/mol. The fourth-order valence-electron chi connectivity index (χ4n) is 4.80. The van der Waals surface area contributed by atoms with Crippen molar-refractivity contribution in [3.05, 3.63) is 0 Å². The third-order valence-electron chi connectivity index (χ3n) is 6.90. The molecule has 0 bridgehead atoms. The Kier molecular flexibility index (Phi) is 7.65. The average Bonchev–Trinajstić information content (AvgIpc) is 3.55. The van der Waals surface area contributed by atoms with Crippen molar-refractivity contribution in [1.82, 2.24) is 20.9 Å². The van der Waals surface area contributed by atoms with Gasteiger partial charge in [-0.3, -0.25) is 19.2 Å². The molecule has 3 fully saturated rings. The van der Waals surface area contributed by atoms with Crippen molar-refractivity contribution >= 4 is 52.7 Å². The maximum Gasteiger partial charge on any atom is 0.315 e. The largest absolute Gasteiger partial charge is 0.363 e. The Hall–Kier alpha value is -2.07. The van der Waals surface area contributed by atoms with E-state index in [-0.39, 0.29) is 18.4 Å². The van der Waals surface area contributed by atoms with Gasteiger partial charge in [-0.2, -0.15) is 0 Å². The van der Waals surface area contributed by atoms with Crippen LogP contribution in [0.5, 0.6) is 0 Å². The lowest BCUT2D eigenvalue weighted by Gasteiger charge is -2.38. The van der Waals surface area contributed by atoms with E-state index in [2.05, 4.69) is 16.0 Å². The van der Waals surface area contributed by atoms with Gasteiger partial charge in [-0.05, 0) is 38.5 Å². The third-order valence-corrected chi connectivity index (χ3v) is 7.97. The van der Waals surface area contributed by atoms with E-state index in [4.69, 9.17) is 28.9 Å². The number of fused-ring (bicyclic) bond motifs is 1. The van der Waals surface area contributed by atoms with E-state index in [0.717, 1.165) is 12.8 Å². The number of alkyl halides is 2. The van der Waals surface area contributed by atoms with Gasteiger partial charge in [-0.25, -0.2) is 4.79 Å². The van der Waals surface area contributed by atoms with Crippen LogP contribution in [0, 0.1) is 23.2 Å². The molecular weight excluding hydrogens is 509 g/mol. The molecule has 1 heterocycles. The molecule has 3 aliphatic rings. The lowest BCUT2D eigenvalue weighted by molar-refractivity contribution is -0.144. The number of Topliss-reactive ketones (excluding diaryl/α,β-unsaturated/α-hetero) is 1. The van der Waals surface area contributed by atoms with Crippen molar-refractivity contribution in [2.24, 2.45) is 28.9 Å². The van der Waals surface area contributed by atoms with Gasteiger partial charge in [0, 0.05) is 23.9 Å². The highest BCUT2D eigenvalue weighted by Crippen LogP contribution is 2.65. The van der Waals surface area contributed by atoms with Crippen molar-refractivity contribution in [1.29, 1.82) is 0 Å². The Labute approximate surface area is 221 Å². The SMILES string of the molecule is CC(C)(C)NC(=O)N[C@H](C(=O)N1C[C@H]2[C@@H]([C@H]1C(=O)NC(CC1CC1)C(=O)C(N)=O)C2(Cl)Cl)C(C)(C)C. The Morgan fingerprint density at radius 2 is 1.61 bits per heavy atom. The summed E-state index contributed by atoms with van der Waals surface area (Å²) in [5.41, 5.74) is 4.00. The van der Waals surface area contributed by atoms with Gasteiger partial charge < -0.3 is 26.6 Å². The van der Waals surface area contributed by atoms with Crippen molar-refractivity contribution in [2.75, 3.05) is 6.54 Å². The Morgan fingerprint density at radius 3 is 2.08 bits per heavy atom. The minimum Gasteiger partial charge on any atom is -0.363 e. The normalized spacial score (nSPS) is 26.3. The lowest BCUT2D eigenvalue weighted by atomic mass is 9.85. The monoisotopic (exact) mass is 545 g/mol. The molecule has 10 nitrogen and oxygen atoms in total. The number of urea groups is 1. The van der Waals surface area contributed by atoms with E-state index >= 15 is 0 Å². The van der Waals surface area contributed by atoms with Crippen molar-refractivity contribution in [2.45, 2.75) is 88.8 Å². The van der Waals surface area contributed by atoms with Gasteiger partial charge in [-0.15, -0.1) is 23.2 Å². The minimum absolute atomic E-state index is 0.126. The molecule has 0 radical (unpaired) electrons. The second kappa shape index (κ2) is 9.67. The number of nitrogens with two attached hydrogens (primary N) is 1. The maximum absolute atomic E-state index is 13.8. The second-order valence-corrected chi connectivity index (χ2v) is 13.8. The number of hydrogen-bond acceptors (Lipinski definition) is 5. The third kappa shape index (κ3) is 6.25. The van der Waals surface area contributed by atoms with Crippen LogP contribution in [0.25, 0.3) is 0 Å². The first-order valence-corrected chi connectivity index (χ1v) is 13.0. The number of carbonyl (C=O) groups excluding carboxylic acids is 5. The number of nitrogens with one attached hydrogen (secondary N) is 3. The quantitative estimate of drug-likeness (QED) is 0.269. The summed E-state index contributed by atoms with van der Waals surface area (Å²) >= 11 is 12.8. The molecule has 3 rings (SSSR count). The summed E-state index contributed by atoms with van der Waals surface area (Å²) in [4.78, 5) is 65.2. The summed E-state index contributed by atoms with van der Waals surface area (Å²) in [7, 11) is 0. The number of likely N-dealkylation sites (tertiary alicyclic amines) is 1. The first-order valence-electron chi connectivity index (χ1n) is 12.3. The van der Waals surface area contributed by atoms with Crippen LogP contribution in [0.2, 0.25) is 0 Å². The second-order valence-electron chi connectivity index (χ2n) is 12.4. The number of hydrogen-bond donors (Lipinski definition) is 4. The molecule has 2 saturated carbocycles. The molecule has 36 heavy (non-hydrogen) atoms. The number of nitrogens with zero attached hydrogens (tertiary/aromatic N) is 1. The number of ketones is 1. The van der Waals surface area contributed by atoms with Gasteiger partial charge in [0.15, 0.2) is 0 Å². The van der Waals surface area contributed by atoms with Crippen LogP contribution in [0.4, 0.5) is 4.79 Å². The molecule has 1 unspecified atom stereocenters. The van der Waals surface area contributed by atoms with Crippen molar-refractivity contribution in [3.63, 3.8) is 0 Å². The van der Waals surface area contributed by atoms with Crippen LogP contribution in [-0.4, -0.2) is 69.0 Å². The van der Waals surface area contributed by atoms with Gasteiger partial charge in [0.05, 0.1) is 6.04 Å². The predicted molar refractivity (Wildman–Crippen MR) is 135 cm³/mol. The number of piperidine rings is 1. The van der Waals surface area contributed by atoms with Gasteiger partial charge in [-0.1, -0.05) is 33.6 Å². The fourth-order valence-corrected chi connectivity index (χ4v) is 5.63. The van der Waals surface area contributed by atoms with Crippen LogP contribution >= 0.6 is 23.2 Å². The molecule has 0 aromatic heterocycles. The number of primary amides is 1. The van der Waals surface area contributed by atoms with Crippen LogP contribution in [0.15, 0.2) is 0 Å². The van der Waals surface area contributed by atoms with E-state index < -0.39 is 68.9 Å². The van der Waals surface area contributed by atoms with Crippen molar-refractivity contribution in [3.8, 4) is 0 Å². The van der Waals surface area contributed by atoms with E-state index in [1.165, 1.54) is 4.90 Å². The summed E-state index contributed by atoms with van der Waals surface area (Å²) in [5.74, 6) is -3.74. The zero-order valence-electron chi connectivity index (χ0n) is 21.6. The standard InChI is InChI=1S/C24H37Cl2N5O5/c1-22(2,3)17(29-21(36)30-23(4,5)6)20(35)31-10-12-14(24(12,25)26)15(31)19(34)28-13(9-11-7-8-11)16(32)18(27)33/h11-15,17H,7-10H2,1-6H3,(H2,27,33)(H,28,34)(H2,29,30,36)/t12-,13?,14-,15-,17+/m0/s1. The molecule has 5 atom stereocenters. The first-order chi connectivity index (χ1) is 16.3. The fraction of sp³-hybridized carbons (Fsp3) is 0.792. The molecule has 12 heteroatoms. The highest BCUT2D eigenvalue weighted by Gasteiger charge is 2.74. The lowest BCUT2D eigenvalue weighted by Crippen LogP contribution is -2.62. The Bertz CT molecular complexity index is 954. The molecular formula is C24H37Cl2N5O5. The molecule has 1 saturated heterocycles. The summed E-state index contributed by atoms with van der Waals surface area (Å²) in [5, 5.41) is 8.18. The minimum atomic E-state index is -1.19. The topological polar surface area (TPSA) is 151 Å². The molecule has 202 valence electrons. The van der Waals surface area contributed by atoms with Crippen LogP contribution in [-0.2, 0) is 19.2 Å². The summed E-state index contributed by atoms with van der Waals surface area (Å²) in [6.45, 7) is 11.0. The first kappa shape index (κ1) is 28.5. The molecule has 1 aliphatic heterocycles. The van der Waals surface area contributed by atoms with Crippen LogP contribution < -0.4 is 21.7 Å². The van der Waals surface area contributed by atoms with Gasteiger partial charge >= 0.3 is 6.03 Å². The summed E-state index contributed by atoms with van der Waals surface area (Å²) in [6, 6.07) is -3.60. The summed E-state index contributed by atoms with van der Waals surface area (Å²) in [6.07, 6.45) is 2.10. The van der Waals surface area contributed by atoms with Gasteiger partial charge in [0.2, 0.25) is 17.6 Å². The molecule has 0 aromatic carbocycles. The highest BCUT2D eigenvalue weighted by molar-refractivity contribution is 6.51. The zero-order valence-corrected chi connectivity index (χ0v) is 23.1. The molecule has 5 N–H and O–H groups in total. The molecule has 0 spiro atoms. The number of amides is 5. The zero-order chi connectivity index (χ0) is 27.4. The molecule has 5 amide bonds. The Morgan fingerprint density at radius 1 is 1.03 bits per heavy atom. The van der Waals surface area contributed by atoms with Crippen LogP contribution in [0.1, 0.15) is 60.8 Å². The predicted octanol–water partition coefficient (Wildman–Crippen LogP) is 1.47. The number of rotatable bonds is 8. The smallest absolute Gasteiger partial charge is 0.315 e. The van der Waals surface area contributed by atoms with Crippen LogP contribution in [0.3, 0.4) is 0 Å². The van der Waals surface area contributed by atoms with E-state index in [0.29, 0.717) is 6.42 Å². The number of halogens is 2. The highest BCUT2D eigenvalue weighted by atomic mass is 35.5. The van der Waals surface area contributed by atoms with Gasteiger partial charge in [0.25, 0.3) is 5.91 Å². The number of carbonyl (C=O) groups is 5. The van der Waals surface area contributed by atoms with Crippen molar-refractivity contribution < 1.29 is 24.0 Å². The Balaban J connectivity index is 1.83. The van der Waals surface area contributed by atoms with E-state index in [9.17, 15) is 24.0 Å². The van der Waals surface area contributed by atoms with E-state index in [1.807, 2.05) is 41.5 Å². The maximum atomic E-state index is 13.8. The summed E-state index contributed by atoms with van der Waals surface area (Å²) < 4.78 is -1.19. The molecule has 2 aliphatic carbocycles. The molecule has 0 aromatic rings. The van der Waals surface area contributed by atoms with E-state index in [1.54, 1.807) is 0 Å². The van der Waals surface area contributed by atoms with Gasteiger partial charge in [0.1, 0.15) is 16.4 Å².